The summed E-state index contributed by atoms with van der Waals surface area (Å²) in [6, 6.07) is 8.27. The molecule has 2 rings (SSSR count). The lowest BCUT2D eigenvalue weighted by molar-refractivity contribution is -0.129. The first kappa shape index (κ1) is 21.5. The van der Waals surface area contributed by atoms with Gasteiger partial charge in [0.05, 0.1) is 5.75 Å². The molecule has 1 amide bonds. The van der Waals surface area contributed by atoms with Gasteiger partial charge >= 0.3 is 0 Å². The molecule has 0 radical (unpaired) electrons. The molecule has 0 aliphatic carbocycles. The third kappa shape index (κ3) is 6.09. The Morgan fingerprint density at radius 3 is 2.37 bits per heavy atom. The van der Waals surface area contributed by atoms with E-state index >= 15 is 0 Å². The van der Waals surface area contributed by atoms with E-state index in [1.54, 1.807) is 0 Å². The Balaban J connectivity index is 2.12. The lowest BCUT2D eigenvalue weighted by Crippen LogP contribution is -2.38. The maximum absolute atomic E-state index is 12.8. The van der Waals surface area contributed by atoms with E-state index in [9.17, 15) is 4.79 Å². The second-order valence-electron chi connectivity index (χ2n) is 7.80. The van der Waals surface area contributed by atoms with Gasteiger partial charge in [0.25, 0.3) is 0 Å². The predicted molar refractivity (Wildman–Crippen MR) is 113 cm³/mol. The summed E-state index contributed by atoms with van der Waals surface area (Å²) in [5, 5.41) is 9.54. The van der Waals surface area contributed by atoms with Crippen molar-refractivity contribution in [1.82, 2.24) is 19.7 Å². The Labute approximate surface area is 167 Å². The monoisotopic (exact) mass is 388 g/mol. The van der Waals surface area contributed by atoms with Crippen LogP contribution in [0.1, 0.15) is 40.2 Å². The number of aryl methyl sites for hydroxylation is 1. The lowest BCUT2D eigenvalue weighted by Gasteiger charge is -2.26. The highest BCUT2D eigenvalue weighted by Crippen LogP contribution is 2.25. The van der Waals surface area contributed by atoms with Crippen molar-refractivity contribution in [3.05, 3.63) is 29.8 Å². The number of aromatic nitrogens is 3. The maximum atomic E-state index is 12.8. The van der Waals surface area contributed by atoms with Gasteiger partial charge in [0.1, 0.15) is 0 Å². The van der Waals surface area contributed by atoms with Crippen LogP contribution >= 0.6 is 11.8 Å². The number of benzene rings is 1. The molecule has 1 aromatic carbocycles. The van der Waals surface area contributed by atoms with Gasteiger partial charge in [-0.25, -0.2) is 0 Å². The summed E-state index contributed by atoms with van der Waals surface area (Å²) < 4.78 is 2.09. The van der Waals surface area contributed by atoms with Crippen molar-refractivity contribution in [2.24, 2.45) is 11.8 Å². The molecule has 0 saturated carbocycles. The van der Waals surface area contributed by atoms with Gasteiger partial charge in [-0.05, 0) is 31.7 Å². The van der Waals surface area contributed by atoms with Crippen LogP contribution in [0.3, 0.4) is 0 Å². The van der Waals surface area contributed by atoms with Crippen LogP contribution in [0.2, 0.25) is 0 Å². The smallest absolute Gasteiger partial charge is 0.233 e. The fraction of sp³-hybridized carbons (Fsp3) is 0.571. The summed E-state index contributed by atoms with van der Waals surface area (Å²) in [5.41, 5.74) is 2.25. The van der Waals surface area contributed by atoms with Gasteiger partial charge in [-0.15, -0.1) is 10.2 Å². The summed E-state index contributed by atoms with van der Waals surface area (Å²) in [4.78, 5) is 14.7. The molecule has 0 aliphatic rings. The van der Waals surface area contributed by atoms with Crippen molar-refractivity contribution in [3.63, 3.8) is 0 Å². The Hall–Kier alpha value is -1.82. The van der Waals surface area contributed by atoms with Gasteiger partial charge in [-0.3, -0.25) is 4.79 Å². The van der Waals surface area contributed by atoms with E-state index in [-0.39, 0.29) is 5.91 Å². The quantitative estimate of drug-likeness (QED) is 0.593. The number of carbonyl (C=O) groups is 1. The van der Waals surface area contributed by atoms with E-state index < -0.39 is 0 Å². The van der Waals surface area contributed by atoms with Crippen molar-refractivity contribution in [2.45, 2.75) is 53.2 Å². The van der Waals surface area contributed by atoms with Gasteiger partial charge in [-0.2, -0.15) is 0 Å². The van der Waals surface area contributed by atoms with Crippen molar-refractivity contribution in [3.8, 4) is 11.4 Å². The van der Waals surface area contributed by atoms with Gasteiger partial charge in [-0.1, -0.05) is 63.2 Å². The van der Waals surface area contributed by atoms with Gasteiger partial charge < -0.3 is 9.47 Å². The molecular formula is C21H32N4OS. The van der Waals surface area contributed by atoms with Crippen LogP contribution < -0.4 is 0 Å². The second kappa shape index (κ2) is 9.93. The fourth-order valence-corrected chi connectivity index (χ4v) is 3.96. The zero-order valence-corrected chi connectivity index (χ0v) is 18.2. The normalized spacial score (nSPS) is 11.4. The Morgan fingerprint density at radius 1 is 1.15 bits per heavy atom. The molecule has 0 aliphatic heterocycles. The zero-order chi connectivity index (χ0) is 20.0. The predicted octanol–water partition coefficient (Wildman–Crippen LogP) is 4.51. The van der Waals surface area contributed by atoms with Crippen LogP contribution in [-0.2, 0) is 11.3 Å². The summed E-state index contributed by atoms with van der Waals surface area (Å²) in [7, 11) is 0. The average molecular weight is 389 g/mol. The Kier molecular flexibility index (Phi) is 7.90. The lowest BCUT2D eigenvalue weighted by atomic mass is 10.1. The molecule has 0 spiro atoms. The van der Waals surface area contributed by atoms with Crippen LogP contribution in [0.15, 0.2) is 29.4 Å². The average Bonchev–Trinajstić information content (AvgIpc) is 3.01. The Morgan fingerprint density at radius 2 is 1.81 bits per heavy atom. The molecule has 0 atom stereocenters. The minimum Gasteiger partial charge on any atom is -0.341 e. The Bertz CT molecular complexity index is 744. The minimum absolute atomic E-state index is 0.171. The van der Waals surface area contributed by atoms with E-state index in [4.69, 9.17) is 0 Å². The number of amides is 1. The van der Waals surface area contributed by atoms with Gasteiger partial charge in [0.15, 0.2) is 11.0 Å². The number of hydrogen-bond acceptors (Lipinski definition) is 4. The molecule has 0 unspecified atom stereocenters. The maximum Gasteiger partial charge on any atom is 0.233 e. The molecule has 27 heavy (non-hydrogen) atoms. The van der Waals surface area contributed by atoms with Crippen molar-refractivity contribution in [2.75, 3.05) is 18.8 Å². The third-order valence-corrected chi connectivity index (χ3v) is 5.11. The standard InChI is InChI=1S/C21H32N4OS/c1-7-25-20(18-10-8-9-17(6)11-18)22-23-21(25)27-14-19(26)24(12-15(2)3)13-16(4)5/h8-11,15-16H,7,12-14H2,1-6H3. The highest BCUT2D eigenvalue weighted by atomic mass is 32.2. The fourth-order valence-electron chi connectivity index (χ4n) is 3.06. The first-order valence-corrected chi connectivity index (χ1v) is 10.7. The molecule has 0 bridgehead atoms. The minimum atomic E-state index is 0.171. The van der Waals surface area contributed by atoms with Crippen molar-refractivity contribution < 1.29 is 4.79 Å². The second-order valence-corrected chi connectivity index (χ2v) is 8.74. The van der Waals surface area contributed by atoms with Crippen LogP contribution in [0.5, 0.6) is 0 Å². The molecule has 148 valence electrons. The van der Waals surface area contributed by atoms with Crippen LogP contribution in [0.25, 0.3) is 11.4 Å². The molecule has 0 fully saturated rings. The number of nitrogens with zero attached hydrogens (tertiary/aromatic N) is 4. The summed E-state index contributed by atoms with van der Waals surface area (Å²) >= 11 is 1.48. The first-order valence-electron chi connectivity index (χ1n) is 9.72. The number of hydrogen-bond donors (Lipinski definition) is 0. The number of thioether (sulfide) groups is 1. The summed E-state index contributed by atoms with van der Waals surface area (Å²) in [6.45, 7) is 15.1. The first-order chi connectivity index (χ1) is 12.8. The topological polar surface area (TPSA) is 51.0 Å². The SMILES string of the molecule is CCn1c(SCC(=O)N(CC(C)C)CC(C)C)nnc1-c1cccc(C)c1. The molecule has 0 saturated heterocycles. The summed E-state index contributed by atoms with van der Waals surface area (Å²) in [6.07, 6.45) is 0. The van der Waals surface area contributed by atoms with Crippen LogP contribution in [-0.4, -0.2) is 44.4 Å². The molecular weight excluding hydrogens is 356 g/mol. The molecule has 0 N–H and O–H groups in total. The van der Waals surface area contributed by atoms with E-state index in [1.165, 1.54) is 17.3 Å². The van der Waals surface area contributed by atoms with Crippen molar-refractivity contribution >= 4 is 17.7 Å². The highest BCUT2D eigenvalue weighted by molar-refractivity contribution is 7.99. The molecule has 2 aromatic rings. The van der Waals surface area contributed by atoms with E-state index in [2.05, 4.69) is 74.5 Å². The molecule has 1 heterocycles. The van der Waals surface area contributed by atoms with E-state index in [0.717, 1.165) is 36.2 Å². The highest BCUT2D eigenvalue weighted by Gasteiger charge is 2.19. The third-order valence-electron chi connectivity index (χ3n) is 4.16. The molecule has 5 nitrogen and oxygen atoms in total. The van der Waals surface area contributed by atoms with Crippen LogP contribution in [0.4, 0.5) is 0 Å². The van der Waals surface area contributed by atoms with Crippen LogP contribution in [0, 0.1) is 18.8 Å². The largest absolute Gasteiger partial charge is 0.341 e. The van der Waals surface area contributed by atoms with E-state index in [0.29, 0.717) is 17.6 Å². The van der Waals surface area contributed by atoms with Gasteiger partial charge in [0.2, 0.25) is 5.91 Å². The molecule has 6 heteroatoms. The number of carbonyl (C=O) groups excluding carboxylic acids is 1. The van der Waals surface area contributed by atoms with Gasteiger partial charge in [0, 0.05) is 25.2 Å². The van der Waals surface area contributed by atoms with E-state index in [1.807, 2.05) is 11.0 Å². The van der Waals surface area contributed by atoms with Crippen molar-refractivity contribution in [1.29, 1.82) is 0 Å². The number of rotatable bonds is 9. The zero-order valence-electron chi connectivity index (χ0n) is 17.4. The summed E-state index contributed by atoms with van der Waals surface area (Å²) in [5.74, 6) is 2.35. The molecule has 1 aromatic heterocycles.